The smallest absolute Gasteiger partial charge is 0.239 e. The van der Waals surface area contributed by atoms with Gasteiger partial charge >= 0.3 is 10.2 Å². The first kappa shape index (κ1) is 9.11. The molecule has 1 aromatic heterocycles. The van der Waals surface area contributed by atoms with Crippen molar-refractivity contribution < 1.29 is 16.7 Å². The lowest BCUT2D eigenvalue weighted by atomic mass is 10.7. The first-order valence-corrected chi connectivity index (χ1v) is 4.51. The van der Waals surface area contributed by atoms with Crippen molar-refractivity contribution in [1.82, 2.24) is 9.78 Å². The van der Waals surface area contributed by atoms with Crippen molar-refractivity contribution in [2.75, 3.05) is 0 Å². The number of halogens is 2. The lowest BCUT2D eigenvalue weighted by Crippen LogP contribution is -2.01. The average molecular weight is 196 g/mol. The molecule has 0 unspecified atom stereocenters. The predicted octanol–water partition coefficient (Wildman–Crippen LogP) is 0.700. The van der Waals surface area contributed by atoms with E-state index in [1.54, 1.807) is 6.92 Å². The van der Waals surface area contributed by atoms with Crippen LogP contribution in [-0.4, -0.2) is 18.2 Å². The minimum atomic E-state index is -4.98. The van der Waals surface area contributed by atoms with Crippen LogP contribution in [0.4, 0.5) is 8.28 Å². The number of hydrogen-bond acceptors (Lipinski definition) is 3. The zero-order valence-corrected chi connectivity index (χ0v) is 6.98. The molecular weight excluding hydrogens is 190 g/mol. The molecule has 0 amide bonds. The summed E-state index contributed by atoms with van der Waals surface area (Å²) in [6.45, 7) is 1.71. The van der Waals surface area contributed by atoms with Gasteiger partial charge in [0.1, 0.15) is 0 Å². The Bertz CT molecular complexity index is 384. The molecule has 0 saturated heterocycles. The number of aryl methyl sites for hydroxylation is 1. The van der Waals surface area contributed by atoms with Gasteiger partial charge in [0.15, 0.2) is 4.90 Å². The van der Waals surface area contributed by atoms with Crippen molar-refractivity contribution in [3.8, 4) is 0 Å². The van der Waals surface area contributed by atoms with Gasteiger partial charge in [-0.25, -0.2) is 4.68 Å². The predicted molar refractivity (Wildman–Crippen MR) is 36.2 cm³/mol. The normalized spacial score (nSPS) is 11.9. The number of aromatic nitrogens is 2. The van der Waals surface area contributed by atoms with Crippen LogP contribution >= 0.6 is 0 Å². The Morgan fingerprint density at radius 2 is 2.25 bits per heavy atom. The van der Waals surface area contributed by atoms with Crippen LogP contribution in [-0.2, 0) is 16.8 Å². The van der Waals surface area contributed by atoms with Gasteiger partial charge in [-0.15, -0.1) is 3.89 Å². The second-order valence-electron chi connectivity index (χ2n) is 2.05. The summed E-state index contributed by atoms with van der Waals surface area (Å²) in [6, 6.07) is 0. The molecule has 0 N–H and O–H groups in total. The molecule has 12 heavy (non-hydrogen) atoms. The molecule has 1 heterocycles. The minimum Gasteiger partial charge on any atom is -0.239 e. The lowest BCUT2D eigenvalue weighted by Gasteiger charge is -1.94. The zero-order valence-electron chi connectivity index (χ0n) is 6.16. The van der Waals surface area contributed by atoms with Gasteiger partial charge < -0.3 is 0 Å². The van der Waals surface area contributed by atoms with E-state index in [0.717, 1.165) is 4.68 Å². The van der Waals surface area contributed by atoms with Crippen LogP contribution in [0.25, 0.3) is 0 Å². The number of hydrogen-bond donors (Lipinski definition) is 0. The van der Waals surface area contributed by atoms with Crippen LogP contribution in [0.2, 0.25) is 0 Å². The number of rotatable bonds is 2. The third-order valence-electron chi connectivity index (χ3n) is 1.31. The summed E-state index contributed by atoms with van der Waals surface area (Å²) < 4.78 is 46.2. The van der Waals surface area contributed by atoms with Crippen molar-refractivity contribution >= 4 is 10.2 Å². The Labute approximate surface area is 68.0 Å². The van der Waals surface area contributed by atoms with E-state index in [2.05, 4.69) is 5.10 Å². The molecule has 0 fully saturated rings. The van der Waals surface area contributed by atoms with Crippen molar-refractivity contribution in [2.45, 2.75) is 18.4 Å². The van der Waals surface area contributed by atoms with Crippen molar-refractivity contribution in [1.29, 1.82) is 0 Å². The summed E-state index contributed by atoms with van der Waals surface area (Å²) in [5, 5.41) is 3.32. The van der Waals surface area contributed by atoms with E-state index in [4.69, 9.17) is 0 Å². The van der Waals surface area contributed by atoms with Gasteiger partial charge in [-0.05, 0) is 6.92 Å². The highest BCUT2D eigenvalue weighted by Gasteiger charge is 2.22. The van der Waals surface area contributed by atoms with Gasteiger partial charge in [-0.3, -0.25) is 0 Å². The summed E-state index contributed by atoms with van der Waals surface area (Å²) in [5.74, 6) is -1.17. The van der Waals surface area contributed by atoms with Gasteiger partial charge in [-0.2, -0.15) is 17.9 Å². The molecule has 0 aliphatic carbocycles. The lowest BCUT2D eigenvalue weighted by molar-refractivity contribution is 0.451. The van der Waals surface area contributed by atoms with E-state index in [9.17, 15) is 16.7 Å². The molecule has 68 valence electrons. The van der Waals surface area contributed by atoms with Crippen LogP contribution in [0.15, 0.2) is 11.1 Å². The Morgan fingerprint density at radius 3 is 2.50 bits per heavy atom. The fourth-order valence-electron chi connectivity index (χ4n) is 0.737. The van der Waals surface area contributed by atoms with Crippen LogP contribution in [0, 0.1) is 5.95 Å². The Morgan fingerprint density at radius 1 is 1.67 bits per heavy atom. The van der Waals surface area contributed by atoms with Crippen LogP contribution in [0.3, 0.4) is 0 Å². The standard InChI is InChI=1S/C5H6F2N2O2S/c1-2-9-5(6)4(3-8-9)12(7,10)11/h3H,2H2,1H3. The maximum absolute atomic E-state index is 12.8. The van der Waals surface area contributed by atoms with E-state index in [0.29, 0.717) is 6.20 Å². The first-order chi connectivity index (χ1) is 5.46. The summed E-state index contributed by atoms with van der Waals surface area (Å²) in [4.78, 5) is -1.01. The second kappa shape index (κ2) is 2.81. The molecule has 1 aromatic rings. The molecule has 0 aliphatic rings. The third-order valence-corrected chi connectivity index (χ3v) is 2.11. The molecule has 0 radical (unpaired) electrons. The Kier molecular flexibility index (Phi) is 2.14. The quantitative estimate of drug-likeness (QED) is 0.654. The van der Waals surface area contributed by atoms with Crippen molar-refractivity contribution in [3.05, 3.63) is 12.1 Å². The Balaban J connectivity index is 3.30. The molecule has 0 spiro atoms. The van der Waals surface area contributed by atoms with Gasteiger partial charge in [0, 0.05) is 6.54 Å². The maximum atomic E-state index is 12.8. The molecule has 1 rings (SSSR count). The largest absolute Gasteiger partial charge is 0.338 e. The molecule has 7 heteroatoms. The van der Waals surface area contributed by atoms with Crippen molar-refractivity contribution in [2.24, 2.45) is 0 Å². The van der Waals surface area contributed by atoms with Crippen LogP contribution < -0.4 is 0 Å². The van der Waals surface area contributed by atoms with E-state index in [1.807, 2.05) is 0 Å². The molecule has 0 atom stereocenters. The van der Waals surface area contributed by atoms with E-state index in [1.165, 1.54) is 0 Å². The Hall–Kier alpha value is -0.980. The fraction of sp³-hybridized carbons (Fsp3) is 0.400. The van der Waals surface area contributed by atoms with E-state index in [-0.39, 0.29) is 6.54 Å². The average Bonchev–Trinajstić information content (AvgIpc) is 2.29. The van der Waals surface area contributed by atoms with Crippen LogP contribution in [0.1, 0.15) is 6.92 Å². The van der Waals surface area contributed by atoms with Crippen LogP contribution in [0.5, 0.6) is 0 Å². The second-order valence-corrected chi connectivity index (χ2v) is 3.37. The summed E-state index contributed by atoms with van der Waals surface area (Å²) in [5.41, 5.74) is 0. The highest BCUT2D eigenvalue weighted by molar-refractivity contribution is 7.86. The zero-order chi connectivity index (χ0) is 9.35. The molecule has 0 aliphatic heterocycles. The topological polar surface area (TPSA) is 52.0 Å². The molecule has 0 aromatic carbocycles. The first-order valence-electron chi connectivity index (χ1n) is 3.12. The van der Waals surface area contributed by atoms with Gasteiger partial charge in [0.25, 0.3) is 0 Å². The summed E-state index contributed by atoms with van der Waals surface area (Å²) >= 11 is 0. The highest BCUT2D eigenvalue weighted by atomic mass is 32.3. The van der Waals surface area contributed by atoms with E-state index >= 15 is 0 Å². The summed E-state index contributed by atoms with van der Waals surface area (Å²) in [6.07, 6.45) is 0.647. The highest BCUT2D eigenvalue weighted by Crippen LogP contribution is 2.15. The SMILES string of the molecule is CCn1ncc(S(=O)(=O)F)c1F. The van der Waals surface area contributed by atoms with E-state index < -0.39 is 21.1 Å². The molecule has 0 saturated carbocycles. The van der Waals surface area contributed by atoms with Gasteiger partial charge in [-0.1, -0.05) is 0 Å². The summed E-state index contributed by atoms with van der Waals surface area (Å²) in [7, 11) is -4.98. The van der Waals surface area contributed by atoms with Crippen molar-refractivity contribution in [3.63, 3.8) is 0 Å². The third kappa shape index (κ3) is 1.45. The maximum Gasteiger partial charge on any atom is 0.338 e. The minimum absolute atomic E-state index is 0.154. The van der Waals surface area contributed by atoms with Gasteiger partial charge in [0.05, 0.1) is 6.20 Å². The van der Waals surface area contributed by atoms with Gasteiger partial charge in [0.2, 0.25) is 5.95 Å². The molecular formula is C5H6F2N2O2S. The monoisotopic (exact) mass is 196 g/mol. The fourth-order valence-corrected chi connectivity index (χ4v) is 1.22. The molecule has 0 bridgehead atoms. The number of nitrogens with zero attached hydrogens (tertiary/aromatic N) is 2. The molecule has 4 nitrogen and oxygen atoms in total.